The molecule has 5 heteroatoms. The van der Waals surface area contributed by atoms with Crippen LogP contribution in [0.2, 0.25) is 0 Å². The van der Waals surface area contributed by atoms with Crippen molar-refractivity contribution in [1.82, 2.24) is 4.90 Å². The number of carboxylic acids is 1. The predicted molar refractivity (Wildman–Crippen MR) is 73.6 cm³/mol. The van der Waals surface area contributed by atoms with Gasteiger partial charge in [-0.15, -0.1) is 0 Å². The Morgan fingerprint density at radius 2 is 2.11 bits per heavy atom. The summed E-state index contributed by atoms with van der Waals surface area (Å²) in [5, 5.41) is 9.45. The average molecular weight is 270 g/mol. The van der Waals surface area contributed by atoms with Crippen LogP contribution < -0.4 is 5.73 Å². The number of aliphatic carboxylic acids is 1. The molecule has 0 spiro atoms. The normalized spacial score (nSPS) is 24.0. The molecule has 0 radical (unpaired) electrons. The third kappa shape index (κ3) is 3.47. The smallest absolute Gasteiger partial charge is 0.326 e. The van der Waals surface area contributed by atoms with Crippen LogP contribution in [0.3, 0.4) is 0 Å². The fourth-order valence-electron chi connectivity index (χ4n) is 3.02. The third-order valence-corrected chi connectivity index (χ3v) is 4.06. The van der Waals surface area contributed by atoms with Crippen LogP contribution in [0.25, 0.3) is 0 Å². The van der Waals surface area contributed by atoms with Gasteiger partial charge in [-0.25, -0.2) is 4.79 Å². The van der Waals surface area contributed by atoms with Crippen molar-refractivity contribution in [3.8, 4) is 0 Å². The van der Waals surface area contributed by atoms with Crippen LogP contribution in [0.5, 0.6) is 0 Å². The summed E-state index contributed by atoms with van der Waals surface area (Å²) in [6.45, 7) is 6.66. The van der Waals surface area contributed by atoms with Crippen LogP contribution in [0.15, 0.2) is 0 Å². The molecule has 0 saturated carbocycles. The van der Waals surface area contributed by atoms with Gasteiger partial charge >= 0.3 is 5.97 Å². The summed E-state index contributed by atoms with van der Waals surface area (Å²) in [6, 6.07) is -0.736. The molecule has 1 aliphatic rings. The summed E-state index contributed by atoms with van der Waals surface area (Å²) >= 11 is 0. The zero-order chi connectivity index (χ0) is 14.6. The molecule has 0 aromatic heterocycles. The van der Waals surface area contributed by atoms with Crippen molar-refractivity contribution < 1.29 is 14.7 Å². The minimum atomic E-state index is -0.912. The van der Waals surface area contributed by atoms with E-state index in [1.54, 1.807) is 4.90 Å². The van der Waals surface area contributed by atoms with Gasteiger partial charge in [-0.3, -0.25) is 4.79 Å². The predicted octanol–water partition coefficient (Wildman–Crippen LogP) is 1.46. The Morgan fingerprint density at radius 1 is 1.47 bits per heavy atom. The largest absolute Gasteiger partial charge is 0.480 e. The van der Waals surface area contributed by atoms with Gasteiger partial charge in [-0.2, -0.15) is 0 Å². The number of likely N-dealkylation sites (tertiary alicyclic amines) is 1. The molecule has 1 fully saturated rings. The molecule has 110 valence electrons. The van der Waals surface area contributed by atoms with Crippen molar-refractivity contribution >= 4 is 11.9 Å². The molecule has 1 heterocycles. The lowest BCUT2D eigenvalue weighted by atomic mass is 9.76. The molecule has 19 heavy (non-hydrogen) atoms. The zero-order valence-electron chi connectivity index (χ0n) is 12.2. The Kier molecular flexibility index (Phi) is 5.35. The molecule has 0 bridgehead atoms. The molecule has 3 N–H and O–H groups in total. The Balaban J connectivity index is 2.95. The molecule has 1 rings (SSSR count). The van der Waals surface area contributed by atoms with Crippen LogP contribution in [0.4, 0.5) is 0 Å². The number of carbonyl (C=O) groups excluding carboxylic acids is 1. The van der Waals surface area contributed by atoms with Crippen molar-refractivity contribution in [2.75, 3.05) is 13.1 Å². The Hall–Kier alpha value is -1.10. The molecule has 0 aromatic carbocycles. The summed E-state index contributed by atoms with van der Waals surface area (Å²) < 4.78 is 0. The van der Waals surface area contributed by atoms with Gasteiger partial charge in [0.05, 0.1) is 5.92 Å². The van der Waals surface area contributed by atoms with Gasteiger partial charge in [0.2, 0.25) is 5.91 Å². The van der Waals surface area contributed by atoms with Gasteiger partial charge < -0.3 is 15.7 Å². The number of amides is 1. The number of hydrogen-bond donors (Lipinski definition) is 2. The lowest BCUT2D eigenvalue weighted by Crippen LogP contribution is -2.58. The average Bonchev–Trinajstić information content (AvgIpc) is 2.33. The van der Waals surface area contributed by atoms with Gasteiger partial charge in [-0.1, -0.05) is 27.2 Å². The number of nitrogens with zero attached hydrogens (tertiary/aromatic N) is 1. The van der Waals surface area contributed by atoms with Crippen molar-refractivity contribution in [3.05, 3.63) is 0 Å². The SMILES string of the molecule is CCCC(CN)C(=O)N1CCCC(C)(C)C1C(=O)O. The number of hydrogen-bond acceptors (Lipinski definition) is 3. The molecule has 5 nitrogen and oxygen atoms in total. The highest BCUT2D eigenvalue weighted by Gasteiger charge is 2.45. The van der Waals surface area contributed by atoms with Crippen molar-refractivity contribution in [3.63, 3.8) is 0 Å². The molecular formula is C14H26N2O3. The van der Waals surface area contributed by atoms with Gasteiger partial charge in [-0.05, 0) is 24.7 Å². The maximum Gasteiger partial charge on any atom is 0.326 e. The van der Waals surface area contributed by atoms with Crippen molar-refractivity contribution in [1.29, 1.82) is 0 Å². The number of carbonyl (C=O) groups is 2. The first-order chi connectivity index (χ1) is 8.85. The van der Waals surface area contributed by atoms with E-state index in [4.69, 9.17) is 5.73 Å². The van der Waals surface area contributed by atoms with E-state index in [-0.39, 0.29) is 23.8 Å². The standard InChI is InChI=1S/C14H26N2O3/c1-4-6-10(9-15)12(17)16-8-5-7-14(2,3)11(16)13(18)19/h10-11H,4-9,15H2,1-3H3,(H,18,19). The second-order valence-electron chi connectivity index (χ2n) is 6.09. The first-order valence-electron chi connectivity index (χ1n) is 7.08. The molecule has 1 amide bonds. The fourth-order valence-corrected chi connectivity index (χ4v) is 3.02. The molecular weight excluding hydrogens is 244 g/mol. The molecule has 0 aromatic rings. The summed E-state index contributed by atoms with van der Waals surface area (Å²) in [5.41, 5.74) is 5.28. The highest BCUT2D eigenvalue weighted by Crippen LogP contribution is 2.36. The van der Waals surface area contributed by atoms with Gasteiger partial charge in [0.25, 0.3) is 0 Å². The molecule has 2 atom stereocenters. The zero-order valence-corrected chi connectivity index (χ0v) is 12.2. The summed E-state index contributed by atoms with van der Waals surface area (Å²) in [7, 11) is 0. The summed E-state index contributed by atoms with van der Waals surface area (Å²) in [4.78, 5) is 25.6. The van der Waals surface area contributed by atoms with Crippen LogP contribution in [0.1, 0.15) is 46.5 Å². The van der Waals surface area contributed by atoms with Crippen molar-refractivity contribution in [2.45, 2.75) is 52.5 Å². The van der Waals surface area contributed by atoms with E-state index in [0.29, 0.717) is 6.54 Å². The quantitative estimate of drug-likeness (QED) is 0.792. The van der Waals surface area contributed by atoms with Crippen LogP contribution in [-0.4, -0.2) is 41.0 Å². The van der Waals surface area contributed by atoms with E-state index in [2.05, 4.69) is 0 Å². The van der Waals surface area contributed by atoms with E-state index in [1.807, 2.05) is 20.8 Å². The topological polar surface area (TPSA) is 83.6 Å². The Bertz CT molecular complexity index is 342. The number of piperidine rings is 1. The number of nitrogens with two attached hydrogens (primary N) is 1. The summed E-state index contributed by atoms with van der Waals surface area (Å²) in [6.07, 6.45) is 3.28. The minimum Gasteiger partial charge on any atom is -0.480 e. The van der Waals surface area contributed by atoms with E-state index >= 15 is 0 Å². The second kappa shape index (κ2) is 6.37. The first-order valence-corrected chi connectivity index (χ1v) is 7.08. The molecule has 1 saturated heterocycles. The highest BCUT2D eigenvalue weighted by atomic mass is 16.4. The monoisotopic (exact) mass is 270 g/mol. The minimum absolute atomic E-state index is 0.0930. The highest BCUT2D eigenvalue weighted by molar-refractivity contribution is 5.86. The van der Waals surface area contributed by atoms with Gasteiger partial charge in [0.1, 0.15) is 6.04 Å². The summed E-state index contributed by atoms with van der Waals surface area (Å²) in [5.74, 6) is -1.25. The van der Waals surface area contributed by atoms with Crippen LogP contribution in [0, 0.1) is 11.3 Å². The van der Waals surface area contributed by atoms with E-state index < -0.39 is 12.0 Å². The van der Waals surface area contributed by atoms with Gasteiger partial charge in [0.15, 0.2) is 0 Å². The molecule has 2 unspecified atom stereocenters. The lowest BCUT2D eigenvalue weighted by Gasteiger charge is -2.45. The van der Waals surface area contributed by atoms with E-state index in [0.717, 1.165) is 25.7 Å². The first kappa shape index (κ1) is 16.0. The van der Waals surface area contributed by atoms with Crippen LogP contribution >= 0.6 is 0 Å². The Labute approximate surface area is 115 Å². The molecule has 1 aliphatic heterocycles. The van der Waals surface area contributed by atoms with Crippen molar-refractivity contribution in [2.24, 2.45) is 17.1 Å². The van der Waals surface area contributed by atoms with E-state index in [1.165, 1.54) is 0 Å². The Morgan fingerprint density at radius 3 is 2.58 bits per heavy atom. The lowest BCUT2D eigenvalue weighted by molar-refractivity contribution is -0.160. The third-order valence-electron chi connectivity index (χ3n) is 4.06. The fraction of sp³-hybridized carbons (Fsp3) is 0.857. The second-order valence-corrected chi connectivity index (χ2v) is 6.09. The van der Waals surface area contributed by atoms with Gasteiger partial charge in [0, 0.05) is 13.1 Å². The van der Waals surface area contributed by atoms with Crippen LogP contribution in [-0.2, 0) is 9.59 Å². The maximum atomic E-state index is 12.5. The number of carboxylic acid groups (broad SMARTS) is 1. The molecule has 0 aliphatic carbocycles. The van der Waals surface area contributed by atoms with E-state index in [9.17, 15) is 14.7 Å². The maximum absolute atomic E-state index is 12.5. The number of rotatable bonds is 5.